The van der Waals surface area contributed by atoms with Crippen LogP contribution in [-0.2, 0) is 19.7 Å². The smallest absolute Gasteiger partial charge is 0.185 e. The zero-order valence-electron chi connectivity index (χ0n) is 14.5. The number of benzene rings is 1. The number of anilines is 2. The quantitative estimate of drug-likeness (QED) is 0.482. The summed E-state index contributed by atoms with van der Waals surface area (Å²) in [5.74, 6) is 0.395. The Morgan fingerprint density at radius 1 is 1.07 bits per heavy atom. The molecule has 0 saturated carbocycles. The number of aromatic nitrogens is 3. The molecule has 1 aromatic carbocycles. The summed E-state index contributed by atoms with van der Waals surface area (Å²) < 4.78 is 47.6. The van der Waals surface area contributed by atoms with E-state index in [2.05, 4.69) is 20.5 Å². The second kappa shape index (κ2) is 6.41. The summed E-state index contributed by atoms with van der Waals surface area (Å²) in [6, 6.07) is 6.10. The van der Waals surface area contributed by atoms with Gasteiger partial charge in [-0.3, -0.25) is 5.10 Å². The molecule has 0 atom stereocenters. The van der Waals surface area contributed by atoms with Crippen molar-refractivity contribution in [3.8, 4) is 0 Å². The van der Waals surface area contributed by atoms with Gasteiger partial charge in [0.25, 0.3) is 0 Å². The number of halogens is 1. The molecule has 4 aromatic rings. The van der Waals surface area contributed by atoms with Crippen LogP contribution in [0.2, 0.25) is 4.34 Å². The van der Waals surface area contributed by atoms with E-state index < -0.39 is 19.7 Å². The molecule has 0 radical (unpaired) electrons. The molecule has 3 aromatic heterocycles. The summed E-state index contributed by atoms with van der Waals surface area (Å²) >= 11 is 7.14. The minimum atomic E-state index is -3.39. The number of hydrogen-bond acceptors (Lipinski definition) is 8. The number of sulfone groups is 2. The molecule has 28 heavy (non-hydrogen) atoms. The highest BCUT2D eigenvalue weighted by molar-refractivity contribution is 7.92. The minimum Gasteiger partial charge on any atom is -0.336 e. The van der Waals surface area contributed by atoms with Crippen LogP contribution in [0.3, 0.4) is 0 Å². The van der Waals surface area contributed by atoms with E-state index in [1.807, 2.05) is 0 Å². The van der Waals surface area contributed by atoms with Crippen molar-refractivity contribution in [3.05, 3.63) is 34.8 Å². The Bertz CT molecular complexity index is 1460. The average molecular weight is 457 g/mol. The van der Waals surface area contributed by atoms with Crippen molar-refractivity contribution in [1.29, 1.82) is 0 Å². The molecule has 0 aliphatic carbocycles. The maximum atomic E-state index is 11.9. The Labute approximate surface area is 169 Å². The van der Waals surface area contributed by atoms with Gasteiger partial charge >= 0.3 is 0 Å². The zero-order chi connectivity index (χ0) is 20.3. The number of thiophene rings is 1. The van der Waals surface area contributed by atoms with E-state index in [4.69, 9.17) is 11.6 Å². The third-order valence-corrected chi connectivity index (χ3v) is 8.35. The van der Waals surface area contributed by atoms with Crippen molar-refractivity contribution < 1.29 is 16.8 Å². The molecule has 12 heteroatoms. The van der Waals surface area contributed by atoms with Crippen molar-refractivity contribution in [2.45, 2.75) is 9.10 Å². The summed E-state index contributed by atoms with van der Waals surface area (Å²) in [7, 11) is -6.75. The molecule has 3 heterocycles. The highest BCUT2D eigenvalue weighted by Crippen LogP contribution is 2.38. The van der Waals surface area contributed by atoms with Gasteiger partial charge < -0.3 is 5.32 Å². The van der Waals surface area contributed by atoms with E-state index in [9.17, 15) is 16.8 Å². The molecule has 2 N–H and O–H groups in total. The van der Waals surface area contributed by atoms with E-state index in [-0.39, 0.29) is 13.4 Å². The molecular formula is C16H13ClN4O4S3. The Hall–Kier alpha value is -2.21. The molecule has 0 saturated heterocycles. The number of hydrogen-bond donors (Lipinski definition) is 2. The monoisotopic (exact) mass is 456 g/mol. The van der Waals surface area contributed by atoms with Crippen molar-refractivity contribution in [3.63, 3.8) is 0 Å². The number of rotatable bonds is 4. The van der Waals surface area contributed by atoms with Gasteiger partial charge in [-0.15, -0.1) is 11.3 Å². The van der Waals surface area contributed by atoms with Crippen LogP contribution in [-0.4, -0.2) is 44.5 Å². The molecule has 8 nitrogen and oxygen atoms in total. The number of nitrogens with one attached hydrogen (secondary N) is 2. The van der Waals surface area contributed by atoms with Crippen LogP contribution in [0.4, 0.5) is 11.5 Å². The first-order valence-electron chi connectivity index (χ1n) is 7.77. The fourth-order valence-corrected chi connectivity index (χ4v) is 5.64. The van der Waals surface area contributed by atoms with Gasteiger partial charge in [0, 0.05) is 23.3 Å². The van der Waals surface area contributed by atoms with Crippen molar-refractivity contribution >= 4 is 75.9 Å². The standard InChI is InChI=1S/C16H13ClN4O4S3/c1-27(22,23)8-3-4-11-9(5-8)10-7-18-21-14(10)16(19-11)20-12-6-13(26-15(12)17)28(2,24)25/h3-7H,1-2H3,(H,18,21)(H,19,20). The number of nitrogens with zero attached hydrogens (tertiary/aromatic N) is 2. The third-order valence-electron chi connectivity index (χ3n) is 4.08. The predicted octanol–water partition coefficient (Wildman–Crippen LogP) is 3.38. The molecular weight excluding hydrogens is 444 g/mol. The molecule has 0 bridgehead atoms. The van der Waals surface area contributed by atoms with Gasteiger partial charge in [-0.25, -0.2) is 21.8 Å². The highest BCUT2D eigenvalue weighted by atomic mass is 35.5. The van der Waals surface area contributed by atoms with Crippen LogP contribution >= 0.6 is 22.9 Å². The Morgan fingerprint density at radius 3 is 2.46 bits per heavy atom. The lowest BCUT2D eigenvalue weighted by Gasteiger charge is -2.09. The fourth-order valence-electron chi connectivity index (χ4n) is 2.74. The second-order valence-corrected chi connectivity index (χ2v) is 12.1. The predicted molar refractivity (Wildman–Crippen MR) is 110 cm³/mol. The maximum Gasteiger partial charge on any atom is 0.185 e. The van der Waals surface area contributed by atoms with Crippen LogP contribution in [0.1, 0.15) is 0 Å². The van der Waals surface area contributed by atoms with Crippen molar-refractivity contribution in [1.82, 2.24) is 15.2 Å². The fraction of sp³-hybridized carbons (Fsp3) is 0.125. The van der Waals surface area contributed by atoms with Gasteiger partial charge in [-0.2, -0.15) is 5.10 Å². The van der Waals surface area contributed by atoms with Gasteiger partial charge in [0.1, 0.15) is 14.1 Å². The number of aromatic amines is 1. The first-order chi connectivity index (χ1) is 13.0. The van der Waals surface area contributed by atoms with Crippen molar-refractivity contribution in [2.75, 3.05) is 17.8 Å². The Balaban J connectivity index is 1.89. The SMILES string of the molecule is CS(=O)(=O)c1ccc2nc(Nc3cc(S(C)(=O)=O)sc3Cl)c3[nH]ncc3c2c1. The summed E-state index contributed by atoms with van der Waals surface area (Å²) in [4.78, 5) is 4.71. The van der Waals surface area contributed by atoms with Gasteiger partial charge in [-0.1, -0.05) is 11.6 Å². The topological polar surface area (TPSA) is 122 Å². The molecule has 0 amide bonds. The molecule has 4 rings (SSSR count). The van der Waals surface area contributed by atoms with E-state index in [0.717, 1.165) is 23.8 Å². The maximum absolute atomic E-state index is 11.9. The minimum absolute atomic E-state index is 0.138. The van der Waals surface area contributed by atoms with E-state index >= 15 is 0 Å². The second-order valence-electron chi connectivity index (χ2n) is 6.22. The Morgan fingerprint density at radius 2 is 1.82 bits per heavy atom. The first-order valence-corrected chi connectivity index (χ1v) is 12.7. The van der Waals surface area contributed by atoms with E-state index in [1.165, 1.54) is 12.1 Å². The van der Waals surface area contributed by atoms with Gasteiger partial charge in [0.15, 0.2) is 25.5 Å². The Kier molecular flexibility index (Phi) is 4.38. The lowest BCUT2D eigenvalue weighted by molar-refractivity contribution is 0.601. The number of H-pyrrole nitrogens is 1. The lowest BCUT2D eigenvalue weighted by atomic mass is 10.1. The van der Waals surface area contributed by atoms with Crippen LogP contribution in [0.25, 0.3) is 21.8 Å². The summed E-state index contributed by atoms with van der Waals surface area (Å²) in [5, 5.41) is 11.2. The molecule has 0 aliphatic rings. The summed E-state index contributed by atoms with van der Waals surface area (Å²) in [6.07, 6.45) is 3.83. The largest absolute Gasteiger partial charge is 0.336 e. The van der Waals surface area contributed by atoms with E-state index in [1.54, 1.807) is 18.3 Å². The van der Waals surface area contributed by atoms with Crippen LogP contribution in [0.15, 0.2) is 39.6 Å². The zero-order valence-corrected chi connectivity index (χ0v) is 17.7. The molecule has 0 unspecified atom stereocenters. The average Bonchev–Trinajstić information content (AvgIpc) is 3.21. The van der Waals surface area contributed by atoms with E-state index in [0.29, 0.717) is 33.3 Å². The normalized spacial score (nSPS) is 12.7. The number of pyridine rings is 1. The highest BCUT2D eigenvalue weighted by Gasteiger charge is 2.18. The van der Waals surface area contributed by atoms with Gasteiger partial charge in [-0.05, 0) is 24.3 Å². The van der Waals surface area contributed by atoms with Crippen LogP contribution < -0.4 is 5.32 Å². The first kappa shape index (κ1) is 19.1. The summed E-state index contributed by atoms with van der Waals surface area (Å²) in [6.45, 7) is 0. The molecule has 0 fully saturated rings. The molecule has 146 valence electrons. The van der Waals surface area contributed by atoms with Crippen molar-refractivity contribution in [2.24, 2.45) is 0 Å². The lowest BCUT2D eigenvalue weighted by Crippen LogP contribution is -1.99. The van der Waals surface area contributed by atoms with Crippen LogP contribution in [0.5, 0.6) is 0 Å². The molecule has 0 spiro atoms. The number of fused-ring (bicyclic) bond motifs is 3. The third kappa shape index (κ3) is 3.34. The molecule has 0 aliphatic heterocycles. The van der Waals surface area contributed by atoms with Gasteiger partial charge in [0.2, 0.25) is 0 Å². The summed E-state index contributed by atoms with van der Waals surface area (Å²) in [5.41, 5.74) is 1.50. The van der Waals surface area contributed by atoms with Crippen LogP contribution in [0, 0.1) is 0 Å². The van der Waals surface area contributed by atoms with Gasteiger partial charge in [0.05, 0.1) is 22.3 Å².